The number of hydrogen-bond acceptors (Lipinski definition) is 7. The third kappa shape index (κ3) is 5.13. The fraction of sp³-hybridized carbons (Fsp3) is 0.769. The van der Waals surface area contributed by atoms with E-state index in [9.17, 15) is 13.2 Å². The Morgan fingerprint density at radius 1 is 1.43 bits per heavy atom. The smallest absolute Gasteiger partial charge is 0.230 e. The molecule has 0 aliphatic carbocycles. The number of piperidine rings is 1. The summed E-state index contributed by atoms with van der Waals surface area (Å²) in [7, 11) is -3.24. The Labute approximate surface area is 145 Å². The van der Waals surface area contributed by atoms with Gasteiger partial charge in [-0.05, 0) is 26.2 Å². The van der Waals surface area contributed by atoms with Crippen molar-refractivity contribution in [2.45, 2.75) is 37.4 Å². The molecule has 0 aromatic carbocycles. The van der Waals surface area contributed by atoms with Gasteiger partial charge in [0.05, 0.1) is 11.7 Å². The molecule has 1 atom stereocenters. The highest BCUT2D eigenvalue weighted by Crippen LogP contribution is 2.27. The zero-order valence-electron chi connectivity index (χ0n) is 13.3. The van der Waals surface area contributed by atoms with Crippen LogP contribution in [0.15, 0.2) is 4.34 Å². The van der Waals surface area contributed by atoms with Gasteiger partial charge in [0.25, 0.3) is 0 Å². The molecule has 1 aromatic rings. The summed E-state index contributed by atoms with van der Waals surface area (Å²) < 4.78 is 26.2. The zero-order valence-corrected chi connectivity index (χ0v) is 15.8. The van der Waals surface area contributed by atoms with Crippen LogP contribution < -0.4 is 5.32 Å². The van der Waals surface area contributed by atoms with Gasteiger partial charge in [-0.3, -0.25) is 4.79 Å². The molecule has 0 bridgehead atoms. The lowest BCUT2D eigenvalue weighted by atomic mass is 9.99. The molecule has 1 N–H and O–H groups in total. The van der Waals surface area contributed by atoms with E-state index < -0.39 is 10.0 Å². The first kappa shape index (κ1) is 18.6. The summed E-state index contributed by atoms with van der Waals surface area (Å²) in [6.07, 6.45) is 2.44. The van der Waals surface area contributed by atoms with E-state index in [4.69, 9.17) is 0 Å². The second-order valence-corrected chi connectivity index (χ2v) is 9.89. The minimum absolute atomic E-state index is 0.0652. The van der Waals surface area contributed by atoms with Crippen molar-refractivity contribution in [3.8, 4) is 0 Å². The Morgan fingerprint density at radius 3 is 2.91 bits per heavy atom. The number of rotatable bonds is 7. The van der Waals surface area contributed by atoms with Crippen molar-refractivity contribution in [1.29, 1.82) is 0 Å². The van der Waals surface area contributed by atoms with E-state index in [1.165, 1.54) is 15.6 Å². The number of nitrogens with zero attached hydrogens (tertiary/aromatic N) is 3. The Kier molecular flexibility index (Phi) is 6.81. The summed E-state index contributed by atoms with van der Waals surface area (Å²) in [6.45, 7) is 4.46. The van der Waals surface area contributed by atoms with Crippen LogP contribution in [0.25, 0.3) is 0 Å². The van der Waals surface area contributed by atoms with Crippen molar-refractivity contribution in [3.05, 3.63) is 0 Å². The van der Waals surface area contributed by atoms with E-state index in [1.54, 1.807) is 18.7 Å². The van der Waals surface area contributed by atoms with Gasteiger partial charge in [-0.1, -0.05) is 30.0 Å². The zero-order chi connectivity index (χ0) is 16.9. The summed E-state index contributed by atoms with van der Waals surface area (Å²) in [4.78, 5) is 12.4. The largest absolute Gasteiger partial charge is 0.300 e. The predicted octanol–water partition coefficient (Wildman–Crippen LogP) is 2.04. The first-order valence-corrected chi connectivity index (χ1v) is 11.1. The van der Waals surface area contributed by atoms with Crippen LogP contribution in [0.5, 0.6) is 0 Å². The number of anilines is 1. The fourth-order valence-corrected chi connectivity index (χ4v) is 5.17. The first-order valence-electron chi connectivity index (χ1n) is 7.71. The fourth-order valence-electron chi connectivity index (χ4n) is 2.31. The summed E-state index contributed by atoms with van der Waals surface area (Å²) in [6, 6.07) is 0. The number of hydrogen-bond donors (Lipinski definition) is 1. The number of aromatic nitrogens is 2. The topological polar surface area (TPSA) is 92.3 Å². The van der Waals surface area contributed by atoms with Gasteiger partial charge in [-0.2, -0.15) is 0 Å². The number of sulfonamides is 1. The van der Waals surface area contributed by atoms with Crippen molar-refractivity contribution >= 4 is 44.2 Å². The minimum Gasteiger partial charge on any atom is -0.300 e. The molecule has 2 rings (SSSR count). The van der Waals surface area contributed by atoms with E-state index in [1.807, 2.05) is 0 Å². The molecular formula is C13H22N4O3S3. The number of carbonyl (C=O) groups is 1. The van der Waals surface area contributed by atoms with Crippen LogP contribution in [-0.2, 0) is 14.8 Å². The average molecular weight is 379 g/mol. The SMILES string of the molecule is CCCSc1nnc(NC(=O)C2CCCN(S(=O)(=O)CC)C2)s1. The molecule has 1 aliphatic heterocycles. The van der Waals surface area contributed by atoms with Crippen LogP contribution in [0.2, 0.25) is 0 Å². The van der Waals surface area contributed by atoms with Gasteiger partial charge < -0.3 is 5.32 Å². The quantitative estimate of drug-likeness (QED) is 0.576. The van der Waals surface area contributed by atoms with E-state index in [0.717, 1.165) is 16.5 Å². The second kappa shape index (κ2) is 8.41. The minimum atomic E-state index is -3.24. The lowest BCUT2D eigenvalue weighted by Crippen LogP contribution is -2.44. The second-order valence-electron chi connectivity index (χ2n) is 5.31. The molecule has 1 aromatic heterocycles. The highest BCUT2D eigenvalue weighted by molar-refractivity contribution is 8.01. The van der Waals surface area contributed by atoms with E-state index in [2.05, 4.69) is 22.4 Å². The Bertz CT molecular complexity index is 632. The molecule has 130 valence electrons. The van der Waals surface area contributed by atoms with E-state index >= 15 is 0 Å². The van der Waals surface area contributed by atoms with Crippen molar-refractivity contribution in [2.75, 3.05) is 29.9 Å². The Morgan fingerprint density at radius 2 is 2.22 bits per heavy atom. The maximum atomic E-state index is 12.4. The van der Waals surface area contributed by atoms with Crippen LogP contribution >= 0.6 is 23.1 Å². The summed E-state index contributed by atoms with van der Waals surface area (Å²) in [5.74, 6) is 0.523. The van der Waals surface area contributed by atoms with E-state index in [-0.39, 0.29) is 24.1 Å². The van der Waals surface area contributed by atoms with Crippen LogP contribution in [-0.4, -0.2) is 53.4 Å². The average Bonchev–Trinajstić information content (AvgIpc) is 3.00. The molecular weight excluding hydrogens is 356 g/mol. The molecule has 1 saturated heterocycles. The lowest BCUT2D eigenvalue weighted by Gasteiger charge is -2.30. The van der Waals surface area contributed by atoms with Crippen molar-refractivity contribution in [2.24, 2.45) is 5.92 Å². The molecule has 2 heterocycles. The molecule has 10 heteroatoms. The van der Waals surface area contributed by atoms with E-state index in [0.29, 0.717) is 24.5 Å². The van der Waals surface area contributed by atoms with Gasteiger partial charge in [0.2, 0.25) is 21.1 Å². The summed E-state index contributed by atoms with van der Waals surface area (Å²) >= 11 is 2.97. The molecule has 0 spiro atoms. The highest BCUT2D eigenvalue weighted by atomic mass is 32.2. The van der Waals surface area contributed by atoms with Crippen LogP contribution in [0, 0.1) is 5.92 Å². The van der Waals surface area contributed by atoms with Crippen LogP contribution in [0.3, 0.4) is 0 Å². The van der Waals surface area contributed by atoms with Gasteiger partial charge in [0.15, 0.2) is 4.34 Å². The first-order chi connectivity index (χ1) is 11.0. The molecule has 23 heavy (non-hydrogen) atoms. The third-order valence-corrected chi connectivity index (χ3v) is 7.61. The monoisotopic (exact) mass is 378 g/mol. The Hall–Kier alpha value is -0.710. The number of nitrogens with one attached hydrogen (secondary N) is 1. The normalized spacial score (nSPS) is 19.7. The lowest BCUT2D eigenvalue weighted by molar-refractivity contribution is -0.120. The van der Waals surface area contributed by atoms with Crippen molar-refractivity contribution in [3.63, 3.8) is 0 Å². The Balaban J connectivity index is 1.93. The van der Waals surface area contributed by atoms with Gasteiger partial charge >= 0.3 is 0 Å². The predicted molar refractivity (Wildman–Crippen MR) is 93.3 cm³/mol. The molecule has 1 amide bonds. The summed E-state index contributed by atoms with van der Waals surface area (Å²) in [5, 5.41) is 11.2. The number of thioether (sulfide) groups is 1. The van der Waals surface area contributed by atoms with Gasteiger partial charge in [0, 0.05) is 18.8 Å². The molecule has 0 saturated carbocycles. The number of amides is 1. The van der Waals surface area contributed by atoms with Gasteiger partial charge in [-0.25, -0.2) is 12.7 Å². The molecule has 7 nitrogen and oxygen atoms in total. The molecule has 1 unspecified atom stereocenters. The maximum Gasteiger partial charge on any atom is 0.230 e. The van der Waals surface area contributed by atoms with Crippen LogP contribution in [0.4, 0.5) is 5.13 Å². The molecule has 0 radical (unpaired) electrons. The molecule has 1 aliphatic rings. The van der Waals surface area contributed by atoms with Gasteiger partial charge in [0.1, 0.15) is 0 Å². The molecule has 1 fully saturated rings. The standard InChI is InChI=1S/C13H22N4O3S3/c1-3-8-21-13-16-15-12(22-13)14-11(18)10-6-5-7-17(9-10)23(19,20)4-2/h10H,3-9H2,1-2H3,(H,14,15,18). The van der Waals surface area contributed by atoms with Crippen molar-refractivity contribution < 1.29 is 13.2 Å². The number of carbonyl (C=O) groups excluding carboxylic acids is 1. The maximum absolute atomic E-state index is 12.4. The summed E-state index contributed by atoms with van der Waals surface area (Å²) in [5.41, 5.74) is 0. The van der Waals surface area contributed by atoms with Gasteiger partial charge in [-0.15, -0.1) is 10.2 Å². The van der Waals surface area contributed by atoms with Crippen molar-refractivity contribution in [1.82, 2.24) is 14.5 Å². The van der Waals surface area contributed by atoms with Crippen LogP contribution in [0.1, 0.15) is 33.1 Å². The third-order valence-electron chi connectivity index (χ3n) is 3.58. The highest BCUT2D eigenvalue weighted by Gasteiger charge is 2.31.